The molecule has 2 unspecified atom stereocenters. The molecular formula is C30H25N3O. The van der Waals surface area contributed by atoms with E-state index in [0.29, 0.717) is 6.42 Å². The van der Waals surface area contributed by atoms with Crippen LogP contribution in [0.2, 0.25) is 0 Å². The smallest absolute Gasteiger partial charge is 0.262 e. The van der Waals surface area contributed by atoms with Gasteiger partial charge in [0.1, 0.15) is 5.41 Å². The number of para-hydroxylation sites is 2. The second kappa shape index (κ2) is 7.70. The molecule has 4 heteroatoms. The van der Waals surface area contributed by atoms with Gasteiger partial charge in [0.15, 0.2) is 0 Å². The molecule has 2 atom stereocenters. The summed E-state index contributed by atoms with van der Waals surface area (Å²) >= 11 is 0. The molecule has 1 N–H and O–H groups in total. The van der Waals surface area contributed by atoms with Crippen molar-refractivity contribution in [1.82, 2.24) is 0 Å². The molecule has 1 spiro atoms. The van der Waals surface area contributed by atoms with Crippen molar-refractivity contribution in [3.05, 3.63) is 132 Å². The first kappa shape index (κ1) is 20.4. The normalized spacial score (nSPS) is 23.4. The summed E-state index contributed by atoms with van der Waals surface area (Å²) in [5.41, 5.74) is 4.06. The van der Waals surface area contributed by atoms with Crippen molar-refractivity contribution in [2.24, 2.45) is 10.5 Å². The lowest BCUT2D eigenvalue weighted by molar-refractivity contribution is -0.126. The maximum atomic E-state index is 14.6. The Morgan fingerprint density at radius 2 is 1.35 bits per heavy atom. The molecular weight excluding hydrogens is 418 g/mol. The van der Waals surface area contributed by atoms with E-state index in [-0.39, 0.29) is 5.91 Å². The SMILES string of the molecule is CC1(c2ccccc2)Nc2ccccc2CC12C(=O)N(c1ccccc1)N=C2c1ccccc1. The predicted octanol–water partition coefficient (Wildman–Crippen LogP) is 6.01. The van der Waals surface area contributed by atoms with Crippen LogP contribution in [0.5, 0.6) is 0 Å². The molecule has 2 heterocycles. The molecule has 2 aliphatic rings. The summed E-state index contributed by atoms with van der Waals surface area (Å²) in [6.45, 7) is 2.14. The molecule has 6 rings (SSSR count). The highest BCUT2D eigenvalue weighted by molar-refractivity contribution is 6.26. The van der Waals surface area contributed by atoms with Crippen LogP contribution >= 0.6 is 0 Å². The first-order valence-corrected chi connectivity index (χ1v) is 11.6. The van der Waals surface area contributed by atoms with Crippen molar-refractivity contribution in [1.29, 1.82) is 0 Å². The molecule has 0 bridgehead atoms. The molecule has 2 aliphatic heterocycles. The zero-order valence-corrected chi connectivity index (χ0v) is 19.0. The third kappa shape index (κ3) is 2.85. The Morgan fingerprint density at radius 3 is 2.06 bits per heavy atom. The van der Waals surface area contributed by atoms with Crippen LogP contribution < -0.4 is 10.3 Å². The van der Waals surface area contributed by atoms with Gasteiger partial charge in [-0.3, -0.25) is 4.79 Å². The molecule has 0 fully saturated rings. The van der Waals surface area contributed by atoms with E-state index in [0.717, 1.165) is 33.8 Å². The fraction of sp³-hybridized carbons (Fsp3) is 0.133. The van der Waals surface area contributed by atoms with Crippen molar-refractivity contribution < 1.29 is 4.79 Å². The average Bonchev–Trinajstić information content (AvgIpc) is 3.19. The largest absolute Gasteiger partial charge is 0.374 e. The van der Waals surface area contributed by atoms with E-state index >= 15 is 0 Å². The number of carbonyl (C=O) groups excluding carboxylic acids is 1. The topological polar surface area (TPSA) is 44.7 Å². The highest BCUT2D eigenvalue weighted by Crippen LogP contribution is 2.55. The van der Waals surface area contributed by atoms with Crippen LogP contribution in [0.4, 0.5) is 11.4 Å². The van der Waals surface area contributed by atoms with Gasteiger partial charge in [0.25, 0.3) is 5.91 Å². The van der Waals surface area contributed by atoms with Crippen LogP contribution in [0, 0.1) is 5.41 Å². The number of nitrogens with zero attached hydrogens (tertiary/aromatic N) is 2. The number of anilines is 2. The van der Waals surface area contributed by atoms with Crippen LogP contribution in [0.3, 0.4) is 0 Å². The maximum absolute atomic E-state index is 14.6. The molecule has 0 saturated carbocycles. The number of hydrogen-bond donors (Lipinski definition) is 1. The number of hydrazone groups is 1. The summed E-state index contributed by atoms with van der Waals surface area (Å²) in [4.78, 5) is 14.6. The lowest BCUT2D eigenvalue weighted by atomic mass is 9.58. The fourth-order valence-electron chi connectivity index (χ4n) is 5.49. The lowest BCUT2D eigenvalue weighted by Crippen LogP contribution is -2.61. The summed E-state index contributed by atoms with van der Waals surface area (Å²) in [7, 11) is 0. The maximum Gasteiger partial charge on any atom is 0.262 e. The van der Waals surface area contributed by atoms with Gasteiger partial charge in [-0.25, -0.2) is 0 Å². The zero-order chi connectivity index (χ0) is 23.2. The van der Waals surface area contributed by atoms with Crippen molar-refractivity contribution in [3.63, 3.8) is 0 Å². The first-order valence-electron chi connectivity index (χ1n) is 11.6. The Morgan fingerprint density at radius 1 is 0.765 bits per heavy atom. The monoisotopic (exact) mass is 443 g/mol. The third-order valence-corrected chi connectivity index (χ3v) is 7.27. The number of rotatable bonds is 3. The quantitative estimate of drug-likeness (QED) is 0.422. The highest BCUT2D eigenvalue weighted by atomic mass is 16.2. The molecule has 4 aromatic rings. The van der Waals surface area contributed by atoms with Gasteiger partial charge in [-0.05, 0) is 48.2 Å². The standard InChI is InChI=1S/C30H25N3O/c1-29(24-16-7-3-8-17-24)30(21-23-15-11-12-20-26(23)31-29)27(22-13-5-2-6-14-22)32-33(28(30)34)25-18-9-4-10-19-25/h2-20,31H,21H2,1H3. The van der Waals surface area contributed by atoms with E-state index in [1.807, 2.05) is 91.0 Å². The van der Waals surface area contributed by atoms with E-state index in [9.17, 15) is 4.79 Å². The summed E-state index contributed by atoms with van der Waals surface area (Å²) in [5, 5.41) is 10.4. The van der Waals surface area contributed by atoms with Gasteiger partial charge in [-0.2, -0.15) is 10.1 Å². The molecule has 166 valence electrons. The molecule has 0 radical (unpaired) electrons. The molecule has 4 aromatic carbocycles. The van der Waals surface area contributed by atoms with Crippen molar-refractivity contribution in [2.45, 2.75) is 18.9 Å². The Balaban J connectivity index is 1.65. The van der Waals surface area contributed by atoms with E-state index in [4.69, 9.17) is 5.10 Å². The third-order valence-electron chi connectivity index (χ3n) is 7.27. The van der Waals surface area contributed by atoms with E-state index < -0.39 is 11.0 Å². The van der Waals surface area contributed by atoms with Gasteiger partial charge in [-0.15, -0.1) is 0 Å². The number of fused-ring (bicyclic) bond motifs is 1. The Bertz CT molecular complexity index is 1380. The van der Waals surface area contributed by atoms with Crippen LogP contribution in [0.25, 0.3) is 0 Å². The summed E-state index contributed by atoms with van der Waals surface area (Å²) < 4.78 is 0. The number of nitrogens with one attached hydrogen (secondary N) is 1. The molecule has 0 aromatic heterocycles. The second-order valence-corrected chi connectivity index (χ2v) is 9.12. The summed E-state index contributed by atoms with van der Waals surface area (Å²) in [5.74, 6) is -0.0223. The molecule has 4 nitrogen and oxygen atoms in total. The Hall–Kier alpha value is -4.18. The van der Waals surface area contributed by atoms with Gasteiger partial charge in [0, 0.05) is 5.69 Å². The van der Waals surface area contributed by atoms with E-state index in [2.05, 4.69) is 36.5 Å². The minimum Gasteiger partial charge on any atom is -0.374 e. The van der Waals surface area contributed by atoms with Crippen molar-refractivity contribution in [2.75, 3.05) is 10.3 Å². The van der Waals surface area contributed by atoms with Gasteiger partial charge in [-0.1, -0.05) is 97.1 Å². The average molecular weight is 444 g/mol. The van der Waals surface area contributed by atoms with E-state index in [1.54, 1.807) is 5.01 Å². The minimum atomic E-state index is -0.945. The van der Waals surface area contributed by atoms with Gasteiger partial charge in [0.2, 0.25) is 0 Å². The number of benzene rings is 4. The summed E-state index contributed by atoms with van der Waals surface area (Å²) in [6, 6.07) is 38.4. The number of amides is 1. The first-order chi connectivity index (χ1) is 16.6. The highest BCUT2D eigenvalue weighted by Gasteiger charge is 2.64. The zero-order valence-electron chi connectivity index (χ0n) is 19.0. The van der Waals surface area contributed by atoms with Crippen molar-refractivity contribution in [3.8, 4) is 0 Å². The molecule has 0 saturated heterocycles. The molecule has 0 aliphatic carbocycles. The summed E-state index contributed by atoms with van der Waals surface area (Å²) in [6.07, 6.45) is 0.553. The number of carbonyl (C=O) groups is 1. The van der Waals surface area contributed by atoms with Crippen LogP contribution in [0.15, 0.2) is 120 Å². The Kier molecular flexibility index (Phi) is 4.63. The fourth-order valence-corrected chi connectivity index (χ4v) is 5.49. The minimum absolute atomic E-state index is 0.0223. The van der Waals surface area contributed by atoms with Crippen molar-refractivity contribution >= 4 is 23.0 Å². The predicted molar refractivity (Wildman–Crippen MR) is 137 cm³/mol. The second-order valence-electron chi connectivity index (χ2n) is 9.12. The molecule has 34 heavy (non-hydrogen) atoms. The Labute approximate surface area is 199 Å². The van der Waals surface area contributed by atoms with Crippen LogP contribution in [-0.2, 0) is 16.8 Å². The lowest BCUT2D eigenvalue weighted by Gasteiger charge is -2.50. The molecule has 1 amide bonds. The van der Waals surface area contributed by atoms with Crippen LogP contribution in [0.1, 0.15) is 23.6 Å². The van der Waals surface area contributed by atoms with Gasteiger partial charge in [0.05, 0.1) is 16.9 Å². The van der Waals surface area contributed by atoms with Gasteiger partial charge >= 0.3 is 0 Å². The van der Waals surface area contributed by atoms with Gasteiger partial charge < -0.3 is 5.32 Å². The number of hydrogen-bond acceptors (Lipinski definition) is 3. The van der Waals surface area contributed by atoms with E-state index in [1.165, 1.54) is 0 Å². The van der Waals surface area contributed by atoms with Crippen LogP contribution in [-0.4, -0.2) is 11.6 Å².